The molecule has 0 atom stereocenters. The van der Waals surface area contributed by atoms with Crippen molar-refractivity contribution in [3.63, 3.8) is 0 Å². The third kappa shape index (κ3) is 0.941. The molecule has 0 saturated carbocycles. The van der Waals surface area contributed by atoms with Crippen molar-refractivity contribution in [1.82, 2.24) is 15.0 Å². The molecule has 0 saturated heterocycles. The second kappa shape index (κ2) is 2.27. The Morgan fingerprint density at radius 2 is 2.18 bits per heavy atom. The Morgan fingerprint density at radius 3 is 3.00 bits per heavy atom. The van der Waals surface area contributed by atoms with Crippen molar-refractivity contribution >= 4 is 10.9 Å². The summed E-state index contributed by atoms with van der Waals surface area (Å²) in [4.78, 5) is 12.1. The van der Waals surface area contributed by atoms with Crippen LogP contribution in [-0.4, -0.2) is 15.0 Å². The second-order valence-electron chi connectivity index (χ2n) is 2.35. The average molecular weight is 145 g/mol. The van der Waals surface area contributed by atoms with Crippen LogP contribution in [0.4, 0.5) is 0 Å². The first-order valence-corrected chi connectivity index (χ1v) is 3.39. The second-order valence-corrected chi connectivity index (χ2v) is 2.35. The highest BCUT2D eigenvalue weighted by Gasteiger charge is 1.95. The molecular formula is C8H7N3. The van der Waals surface area contributed by atoms with Crippen LogP contribution in [0, 0.1) is 6.92 Å². The summed E-state index contributed by atoms with van der Waals surface area (Å²) in [6.07, 6.45) is 5.08. The van der Waals surface area contributed by atoms with Gasteiger partial charge in [0.25, 0.3) is 0 Å². The molecular weight excluding hydrogens is 138 g/mol. The first kappa shape index (κ1) is 6.22. The van der Waals surface area contributed by atoms with Crippen molar-refractivity contribution in [2.24, 2.45) is 0 Å². The van der Waals surface area contributed by atoms with Gasteiger partial charge in [-0.3, -0.25) is 4.98 Å². The van der Waals surface area contributed by atoms with Crippen molar-refractivity contribution in [2.45, 2.75) is 6.92 Å². The molecule has 2 rings (SSSR count). The Balaban J connectivity index is 2.91. The fourth-order valence-corrected chi connectivity index (χ4v) is 1.04. The predicted octanol–water partition coefficient (Wildman–Crippen LogP) is 1.33. The zero-order valence-electron chi connectivity index (χ0n) is 6.15. The fraction of sp³-hybridized carbons (Fsp3) is 0.125. The van der Waals surface area contributed by atoms with E-state index in [0.29, 0.717) is 0 Å². The van der Waals surface area contributed by atoms with Crippen LogP contribution >= 0.6 is 0 Å². The van der Waals surface area contributed by atoms with Gasteiger partial charge < -0.3 is 0 Å². The molecule has 0 aliphatic heterocycles. The molecule has 0 aliphatic rings. The van der Waals surface area contributed by atoms with E-state index < -0.39 is 0 Å². The van der Waals surface area contributed by atoms with E-state index in [2.05, 4.69) is 15.0 Å². The molecule has 0 spiro atoms. The number of pyridine rings is 1. The van der Waals surface area contributed by atoms with Gasteiger partial charge in [-0.05, 0) is 13.0 Å². The molecule has 2 aromatic heterocycles. The van der Waals surface area contributed by atoms with Crippen LogP contribution < -0.4 is 0 Å². The Bertz CT molecular complexity index is 378. The quantitative estimate of drug-likeness (QED) is 0.561. The van der Waals surface area contributed by atoms with Crippen LogP contribution in [0.2, 0.25) is 0 Å². The van der Waals surface area contributed by atoms with Gasteiger partial charge >= 0.3 is 0 Å². The summed E-state index contributed by atoms with van der Waals surface area (Å²) in [6.45, 7) is 1.95. The maximum Gasteiger partial charge on any atom is 0.116 e. The van der Waals surface area contributed by atoms with Crippen LogP contribution in [0.1, 0.15) is 5.69 Å². The number of rotatable bonds is 0. The molecule has 3 heteroatoms. The number of fused-ring (bicyclic) bond motifs is 1. The summed E-state index contributed by atoms with van der Waals surface area (Å²) < 4.78 is 0. The minimum Gasteiger partial charge on any atom is -0.261 e. The fourth-order valence-electron chi connectivity index (χ4n) is 1.04. The van der Waals surface area contributed by atoms with E-state index in [-0.39, 0.29) is 0 Å². The molecule has 0 amide bonds. The van der Waals surface area contributed by atoms with Gasteiger partial charge in [0.1, 0.15) is 6.33 Å². The minimum absolute atomic E-state index is 0.951. The van der Waals surface area contributed by atoms with Crippen molar-refractivity contribution in [2.75, 3.05) is 0 Å². The summed E-state index contributed by atoms with van der Waals surface area (Å²) in [7, 11) is 0. The van der Waals surface area contributed by atoms with Gasteiger partial charge in [-0.1, -0.05) is 0 Å². The molecule has 11 heavy (non-hydrogen) atoms. The van der Waals surface area contributed by atoms with E-state index in [4.69, 9.17) is 0 Å². The van der Waals surface area contributed by atoms with Crippen LogP contribution in [0.3, 0.4) is 0 Å². The van der Waals surface area contributed by atoms with E-state index in [1.807, 2.05) is 13.0 Å². The largest absolute Gasteiger partial charge is 0.261 e. The van der Waals surface area contributed by atoms with Gasteiger partial charge in [-0.25, -0.2) is 9.97 Å². The lowest BCUT2D eigenvalue weighted by molar-refractivity contribution is 1.17. The Labute approximate surface area is 64.1 Å². The molecule has 0 N–H and O–H groups in total. The molecule has 0 aliphatic carbocycles. The monoisotopic (exact) mass is 145 g/mol. The maximum absolute atomic E-state index is 4.13. The highest BCUT2D eigenvalue weighted by molar-refractivity contribution is 5.78. The van der Waals surface area contributed by atoms with E-state index in [1.165, 1.54) is 0 Å². The van der Waals surface area contributed by atoms with Crippen LogP contribution in [0.25, 0.3) is 10.9 Å². The van der Waals surface area contributed by atoms with Crippen LogP contribution in [-0.2, 0) is 0 Å². The maximum atomic E-state index is 4.13. The van der Waals surface area contributed by atoms with E-state index in [0.717, 1.165) is 16.6 Å². The topological polar surface area (TPSA) is 38.7 Å². The third-order valence-electron chi connectivity index (χ3n) is 1.63. The van der Waals surface area contributed by atoms with Gasteiger partial charge in [0, 0.05) is 23.5 Å². The first-order valence-electron chi connectivity index (χ1n) is 3.39. The molecule has 0 radical (unpaired) electrons. The summed E-state index contributed by atoms with van der Waals surface area (Å²) in [5.74, 6) is 0. The Kier molecular flexibility index (Phi) is 1.28. The van der Waals surface area contributed by atoms with Crippen molar-refractivity contribution < 1.29 is 0 Å². The number of aryl methyl sites for hydroxylation is 1. The van der Waals surface area contributed by atoms with Gasteiger partial charge in [-0.2, -0.15) is 0 Å². The number of aromatic nitrogens is 3. The normalized spacial score (nSPS) is 10.3. The highest BCUT2D eigenvalue weighted by Crippen LogP contribution is 2.10. The zero-order valence-corrected chi connectivity index (χ0v) is 6.15. The molecule has 2 aromatic rings. The number of hydrogen-bond donors (Lipinski definition) is 0. The van der Waals surface area contributed by atoms with Gasteiger partial charge in [-0.15, -0.1) is 0 Å². The lowest BCUT2D eigenvalue weighted by Crippen LogP contribution is -1.86. The summed E-state index contributed by atoms with van der Waals surface area (Å²) >= 11 is 0. The molecule has 54 valence electrons. The number of hydrogen-bond acceptors (Lipinski definition) is 3. The SMILES string of the molecule is Cc1nccc2ncncc12. The van der Waals surface area contributed by atoms with Crippen molar-refractivity contribution in [3.8, 4) is 0 Å². The van der Waals surface area contributed by atoms with E-state index in [1.54, 1.807) is 18.7 Å². The molecule has 0 unspecified atom stereocenters. The van der Waals surface area contributed by atoms with Gasteiger partial charge in [0.15, 0.2) is 0 Å². The first-order chi connectivity index (χ1) is 5.38. The van der Waals surface area contributed by atoms with Crippen LogP contribution in [0.15, 0.2) is 24.8 Å². The summed E-state index contributed by atoms with van der Waals surface area (Å²) in [6, 6.07) is 1.88. The molecule has 2 heterocycles. The smallest absolute Gasteiger partial charge is 0.116 e. The molecule has 0 fully saturated rings. The van der Waals surface area contributed by atoms with Gasteiger partial charge in [0.2, 0.25) is 0 Å². The van der Waals surface area contributed by atoms with Gasteiger partial charge in [0.05, 0.1) is 5.52 Å². The Morgan fingerprint density at radius 1 is 1.27 bits per heavy atom. The van der Waals surface area contributed by atoms with Crippen molar-refractivity contribution in [1.29, 1.82) is 0 Å². The standard InChI is InChI=1S/C8H7N3/c1-6-7-4-9-5-11-8(7)2-3-10-6/h2-5H,1H3. The molecule has 0 aromatic carbocycles. The van der Waals surface area contributed by atoms with Crippen LogP contribution in [0.5, 0.6) is 0 Å². The lowest BCUT2D eigenvalue weighted by Gasteiger charge is -1.96. The summed E-state index contributed by atoms with van der Waals surface area (Å²) in [5.41, 5.74) is 1.93. The zero-order chi connectivity index (χ0) is 7.68. The molecule has 0 bridgehead atoms. The Hall–Kier alpha value is -1.51. The van der Waals surface area contributed by atoms with E-state index >= 15 is 0 Å². The minimum atomic E-state index is 0.951. The van der Waals surface area contributed by atoms with Crippen molar-refractivity contribution in [3.05, 3.63) is 30.5 Å². The number of nitrogens with zero attached hydrogens (tertiary/aromatic N) is 3. The third-order valence-corrected chi connectivity index (χ3v) is 1.63. The predicted molar refractivity (Wildman–Crippen MR) is 42.1 cm³/mol. The lowest BCUT2D eigenvalue weighted by atomic mass is 10.2. The highest BCUT2D eigenvalue weighted by atomic mass is 14.8. The summed E-state index contributed by atoms with van der Waals surface area (Å²) in [5, 5.41) is 1.02. The molecule has 3 nitrogen and oxygen atoms in total. The average Bonchev–Trinajstić information content (AvgIpc) is 2.06. The van der Waals surface area contributed by atoms with E-state index in [9.17, 15) is 0 Å².